The van der Waals surface area contributed by atoms with Crippen LogP contribution in [0.15, 0.2) is 35.9 Å². The molecule has 0 unspecified atom stereocenters. The standard InChI is InChI=1S/C13H19N5O2S2/c1-2-22(19,20)16-8-10-21-13-17-15-11-18(13)9-6-12-5-3-4-7-14-12/h3-5,7,11,16H,2,6,8-10H2,1H3. The van der Waals surface area contributed by atoms with Crippen LogP contribution in [0.2, 0.25) is 0 Å². The molecule has 2 heterocycles. The van der Waals surface area contributed by atoms with Crippen molar-refractivity contribution in [2.24, 2.45) is 0 Å². The Kier molecular flexibility index (Phi) is 6.34. The van der Waals surface area contributed by atoms with Crippen molar-refractivity contribution in [3.63, 3.8) is 0 Å². The van der Waals surface area contributed by atoms with Gasteiger partial charge in [-0.25, -0.2) is 13.1 Å². The van der Waals surface area contributed by atoms with Crippen LogP contribution in [0.4, 0.5) is 0 Å². The fraction of sp³-hybridized carbons (Fsp3) is 0.462. The predicted octanol–water partition coefficient (Wildman–Crippen LogP) is 0.947. The van der Waals surface area contributed by atoms with Gasteiger partial charge in [-0.15, -0.1) is 10.2 Å². The summed E-state index contributed by atoms with van der Waals surface area (Å²) in [5, 5.41) is 8.76. The zero-order valence-corrected chi connectivity index (χ0v) is 14.0. The normalized spacial score (nSPS) is 11.7. The molecule has 0 spiro atoms. The number of hydrogen-bond acceptors (Lipinski definition) is 6. The van der Waals surface area contributed by atoms with Crippen LogP contribution in [0.3, 0.4) is 0 Å². The molecular weight excluding hydrogens is 322 g/mol. The van der Waals surface area contributed by atoms with E-state index in [0.29, 0.717) is 12.3 Å². The molecule has 0 amide bonds. The van der Waals surface area contributed by atoms with Crippen LogP contribution < -0.4 is 4.72 Å². The van der Waals surface area contributed by atoms with Gasteiger partial charge in [0.25, 0.3) is 0 Å². The maximum absolute atomic E-state index is 11.3. The molecule has 0 aliphatic carbocycles. The van der Waals surface area contributed by atoms with Gasteiger partial charge in [-0.2, -0.15) is 0 Å². The van der Waals surface area contributed by atoms with Crippen molar-refractivity contribution >= 4 is 21.8 Å². The fourth-order valence-corrected chi connectivity index (χ4v) is 3.27. The number of aryl methyl sites for hydroxylation is 2. The molecule has 0 fully saturated rings. The van der Waals surface area contributed by atoms with E-state index in [0.717, 1.165) is 23.8 Å². The van der Waals surface area contributed by atoms with E-state index in [1.807, 2.05) is 22.8 Å². The number of sulfonamides is 1. The quantitative estimate of drug-likeness (QED) is 0.539. The molecule has 0 bridgehead atoms. The first-order valence-electron chi connectivity index (χ1n) is 6.98. The molecule has 0 saturated carbocycles. The first kappa shape index (κ1) is 16.9. The summed E-state index contributed by atoms with van der Waals surface area (Å²) in [7, 11) is -3.13. The van der Waals surface area contributed by atoms with Crippen molar-refractivity contribution < 1.29 is 8.42 Å². The van der Waals surface area contributed by atoms with Crippen molar-refractivity contribution in [2.45, 2.75) is 25.0 Å². The number of aromatic nitrogens is 4. The van der Waals surface area contributed by atoms with Gasteiger partial charge in [0.1, 0.15) is 6.33 Å². The summed E-state index contributed by atoms with van der Waals surface area (Å²) < 4.78 is 27.1. The molecule has 0 saturated heterocycles. The van der Waals surface area contributed by atoms with Gasteiger partial charge in [0.05, 0.1) is 5.75 Å². The molecule has 120 valence electrons. The monoisotopic (exact) mass is 341 g/mol. The maximum Gasteiger partial charge on any atom is 0.211 e. The molecule has 7 nitrogen and oxygen atoms in total. The van der Waals surface area contributed by atoms with E-state index in [4.69, 9.17) is 0 Å². The van der Waals surface area contributed by atoms with Crippen LogP contribution >= 0.6 is 11.8 Å². The van der Waals surface area contributed by atoms with Gasteiger partial charge in [-0.3, -0.25) is 4.98 Å². The van der Waals surface area contributed by atoms with Gasteiger partial charge in [0.15, 0.2) is 5.16 Å². The molecule has 2 aromatic heterocycles. The number of thioether (sulfide) groups is 1. The Morgan fingerprint density at radius 3 is 2.95 bits per heavy atom. The zero-order valence-electron chi connectivity index (χ0n) is 12.3. The van der Waals surface area contributed by atoms with Crippen LogP contribution in [-0.2, 0) is 23.0 Å². The van der Waals surface area contributed by atoms with Gasteiger partial charge in [-0.1, -0.05) is 17.8 Å². The Bertz CT molecular complexity index is 673. The number of nitrogens with zero attached hydrogens (tertiary/aromatic N) is 4. The Hall–Kier alpha value is -1.45. The Morgan fingerprint density at radius 2 is 2.23 bits per heavy atom. The molecule has 1 N–H and O–H groups in total. The Labute approximate surface area is 134 Å². The minimum absolute atomic E-state index is 0.0952. The first-order chi connectivity index (χ1) is 10.6. The number of pyridine rings is 1. The summed E-state index contributed by atoms with van der Waals surface area (Å²) in [5.41, 5.74) is 1.02. The van der Waals surface area contributed by atoms with Crippen LogP contribution in [0, 0.1) is 0 Å². The summed E-state index contributed by atoms with van der Waals surface area (Å²) in [5.74, 6) is 0.708. The highest BCUT2D eigenvalue weighted by molar-refractivity contribution is 7.99. The fourth-order valence-electron chi connectivity index (χ4n) is 1.73. The van der Waals surface area contributed by atoms with Gasteiger partial charge >= 0.3 is 0 Å². The van der Waals surface area contributed by atoms with E-state index >= 15 is 0 Å². The second kappa shape index (κ2) is 8.25. The third kappa shape index (κ3) is 5.39. The largest absolute Gasteiger partial charge is 0.308 e. The first-order valence-corrected chi connectivity index (χ1v) is 9.62. The van der Waals surface area contributed by atoms with Crippen LogP contribution in [0.5, 0.6) is 0 Å². The van der Waals surface area contributed by atoms with Crippen molar-refractivity contribution in [1.82, 2.24) is 24.5 Å². The second-order valence-electron chi connectivity index (χ2n) is 4.52. The lowest BCUT2D eigenvalue weighted by molar-refractivity contribution is 0.585. The lowest BCUT2D eigenvalue weighted by Gasteiger charge is -2.06. The predicted molar refractivity (Wildman–Crippen MR) is 86.2 cm³/mol. The third-order valence-electron chi connectivity index (χ3n) is 2.95. The highest BCUT2D eigenvalue weighted by atomic mass is 32.2. The van der Waals surface area contributed by atoms with Crippen molar-refractivity contribution in [1.29, 1.82) is 0 Å². The van der Waals surface area contributed by atoms with Crippen LogP contribution in [0.1, 0.15) is 12.6 Å². The summed E-state index contributed by atoms with van der Waals surface area (Å²) in [6, 6.07) is 5.83. The number of nitrogens with one attached hydrogen (secondary N) is 1. The van der Waals surface area contributed by atoms with Gasteiger partial charge in [0.2, 0.25) is 10.0 Å². The summed E-state index contributed by atoms with van der Waals surface area (Å²) in [6.07, 6.45) is 4.26. The Morgan fingerprint density at radius 1 is 1.36 bits per heavy atom. The summed E-state index contributed by atoms with van der Waals surface area (Å²) in [4.78, 5) is 4.28. The molecule has 0 aliphatic heterocycles. The van der Waals surface area contributed by atoms with E-state index < -0.39 is 10.0 Å². The molecule has 9 heteroatoms. The molecule has 2 rings (SSSR count). The van der Waals surface area contributed by atoms with Crippen LogP contribution in [-0.4, -0.2) is 46.2 Å². The maximum atomic E-state index is 11.3. The van der Waals surface area contributed by atoms with Gasteiger partial charge in [0, 0.05) is 37.2 Å². The summed E-state index contributed by atoms with van der Waals surface area (Å²) in [6.45, 7) is 2.74. The second-order valence-corrected chi connectivity index (χ2v) is 7.68. The van der Waals surface area contributed by atoms with Crippen molar-refractivity contribution in [3.05, 3.63) is 36.4 Å². The average Bonchev–Trinajstić information content (AvgIpc) is 2.98. The lowest BCUT2D eigenvalue weighted by Crippen LogP contribution is -2.27. The van der Waals surface area contributed by atoms with E-state index in [9.17, 15) is 8.42 Å². The molecule has 22 heavy (non-hydrogen) atoms. The van der Waals surface area contributed by atoms with Crippen molar-refractivity contribution in [3.8, 4) is 0 Å². The SMILES string of the molecule is CCS(=O)(=O)NCCSc1nncn1CCc1ccccn1. The van der Waals surface area contributed by atoms with Gasteiger partial charge in [-0.05, 0) is 19.1 Å². The van der Waals surface area contributed by atoms with E-state index in [-0.39, 0.29) is 5.75 Å². The topological polar surface area (TPSA) is 89.8 Å². The minimum Gasteiger partial charge on any atom is -0.308 e. The van der Waals surface area contributed by atoms with E-state index in [1.165, 1.54) is 11.8 Å². The minimum atomic E-state index is -3.13. The highest BCUT2D eigenvalue weighted by Gasteiger charge is 2.08. The third-order valence-corrected chi connectivity index (χ3v) is 5.34. The molecule has 0 aromatic carbocycles. The number of hydrogen-bond donors (Lipinski definition) is 1. The molecule has 2 aromatic rings. The smallest absolute Gasteiger partial charge is 0.211 e. The lowest BCUT2D eigenvalue weighted by atomic mass is 10.3. The van der Waals surface area contributed by atoms with Crippen LogP contribution in [0.25, 0.3) is 0 Å². The molecule has 0 aliphatic rings. The van der Waals surface area contributed by atoms with Crippen molar-refractivity contribution in [2.75, 3.05) is 18.1 Å². The molecule has 0 atom stereocenters. The molecular formula is C13H19N5O2S2. The zero-order chi connectivity index (χ0) is 15.8. The summed E-state index contributed by atoms with van der Waals surface area (Å²) >= 11 is 1.48. The van der Waals surface area contributed by atoms with Gasteiger partial charge < -0.3 is 4.57 Å². The molecule has 0 radical (unpaired) electrons. The number of rotatable bonds is 9. The highest BCUT2D eigenvalue weighted by Crippen LogP contribution is 2.14. The van der Waals surface area contributed by atoms with E-state index in [2.05, 4.69) is 19.9 Å². The van der Waals surface area contributed by atoms with E-state index in [1.54, 1.807) is 19.4 Å². The average molecular weight is 341 g/mol. The Balaban J connectivity index is 1.80.